The van der Waals surface area contributed by atoms with Gasteiger partial charge in [0, 0.05) is 38.2 Å². The van der Waals surface area contributed by atoms with Gasteiger partial charge in [-0.2, -0.15) is 9.97 Å². The Labute approximate surface area is 287 Å². The first-order valence-electron chi connectivity index (χ1n) is 16.7. The second kappa shape index (κ2) is 11.4. The van der Waals surface area contributed by atoms with Crippen LogP contribution in [0.2, 0.25) is 0 Å². The number of furan rings is 1. The lowest BCUT2D eigenvalue weighted by Crippen LogP contribution is -2.07. The van der Waals surface area contributed by atoms with Crippen molar-refractivity contribution in [1.29, 1.82) is 0 Å². The number of rotatable bonds is 5. The van der Waals surface area contributed by atoms with Crippen LogP contribution in [-0.2, 0) is 0 Å². The van der Waals surface area contributed by atoms with E-state index in [1.807, 2.05) is 60.7 Å². The maximum Gasteiger partial charge on any atom is 0.238 e. The summed E-state index contributed by atoms with van der Waals surface area (Å²) >= 11 is 0. The van der Waals surface area contributed by atoms with E-state index in [1.54, 1.807) is 0 Å². The van der Waals surface area contributed by atoms with Crippen molar-refractivity contribution in [1.82, 2.24) is 19.5 Å². The number of para-hydroxylation sites is 3. The van der Waals surface area contributed by atoms with Crippen LogP contribution in [0.25, 0.3) is 94.7 Å². The van der Waals surface area contributed by atoms with Gasteiger partial charge < -0.3 is 4.42 Å². The number of nitrogens with zero attached hydrogens (tertiary/aromatic N) is 4. The summed E-state index contributed by atoms with van der Waals surface area (Å²) in [7, 11) is 0. The van der Waals surface area contributed by atoms with Crippen LogP contribution in [0.3, 0.4) is 0 Å². The van der Waals surface area contributed by atoms with E-state index in [9.17, 15) is 0 Å². The van der Waals surface area contributed by atoms with Crippen molar-refractivity contribution < 1.29 is 4.42 Å². The number of fused-ring (bicyclic) bond motifs is 6. The van der Waals surface area contributed by atoms with Gasteiger partial charge in [0.15, 0.2) is 11.6 Å². The molecule has 7 aromatic carbocycles. The Balaban J connectivity index is 1.24. The first kappa shape index (κ1) is 28.2. The van der Waals surface area contributed by atoms with Gasteiger partial charge in [0.2, 0.25) is 5.95 Å². The van der Waals surface area contributed by atoms with Crippen molar-refractivity contribution in [2.75, 3.05) is 0 Å². The summed E-state index contributed by atoms with van der Waals surface area (Å²) in [6.45, 7) is 0. The third-order valence-corrected chi connectivity index (χ3v) is 9.47. The fourth-order valence-corrected chi connectivity index (χ4v) is 7.13. The molecule has 0 fully saturated rings. The highest BCUT2D eigenvalue weighted by Gasteiger charge is 2.21. The van der Waals surface area contributed by atoms with Gasteiger partial charge in [-0.15, -0.1) is 0 Å². The highest BCUT2D eigenvalue weighted by atomic mass is 16.3. The molecule has 10 aromatic rings. The lowest BCUT2D eigenvalue weighted by molar-refractivity contribution is 0.669. The van der Waals surface area contributed by atoms with Gasteiger partial charge in [0.25, 0.3) is 0 Å². The molecule has 0 aliphatic carbocycles. The van der Waals surface area contributed by atoms with Crippen LogP contribution in [0, 0.1) is 0 Å². The Kier molecular flexibility index (Phi) is 6.42. The molecule has 0 amide bonds. The van der Waals surface area contributed by atoms with Gasteiger partial charge in [0.1, 0.15) is 11.2 Å². The maximum atomic E-state index is 6.28. The molecule has 0 saturated heterocycles. The Morgan fingerprint density at radius 1 is 0.380 bits per heavy atom. The summed E-state index contributed by atoms with van der Waals surface area (Å²) in [5.41, 5.74) is 10.1. The van der Waals surface area contributed by atoms with Crippen LogP contribution in [0.5, 0.6) is 0 Å². The number of benzene rings is 7. The average Bonchev–Trinajstić information content (AvgIpc) is 3.74. The first-order valence-corrected chi connectivity index (χ1v) is 16.7. The predicted octanol–water partition coefficient (Wildman–Crippen LogP) is 11.5. The van der Waals surface area contributed by atoms with Gasteiger partial charge in [0.05, 0.1) is 11.0 Å². The lowest BCUT2D eigenvalue weighted by atomic mass is 9.97. The summed E-state index contributed by atoms with van der Waals surface area (Å²) in [5, 5.41) is 4.42. The SMILES string of the molecule is c1ccc(-c2cccc(-c3cccc4c5ccccc5n(-c5nc(-c6ccccc6)nc(-c6ccc7c(c6)oc6ccccc67)n5)c34)c2)cc1. The smallest absolute Gasteiger partial charge is 0.238 e. The van der Waals surface area contributed by atoms with Crippen LogP contribution in [0.15, 0.2) is 174 Å². The quantitative estimate of drug-likeness (QED) is 0.188. The van der Waals surface area contributed by atoms with E-state index in [2.05, 4.69) is 114 Å². The Morgan fingerprint density at radius 3 is 1.84 bits per heavy atom. The monoisotopic (exact) mass is 640 g/mol. The molecule has 5 nitrogen and oxygen atoms in total. The molecule has 0 unspecified atom stereocenters. The maximum absolute atomic E-state index is 6.28. The number of aromatic nitrogens is 4. The molecule has 0 spiro atoms. The van der Waals surface area contributed by atoms with Gasteiger partial charge in [-0.25, -0.2) is 4.98 Å². The van der Waals surface area contributed by atoms with Gasteiger partial charge in [-0.05, 0) is 47.0 Å². The van der Waals surface area contributed by atoms with E-state index in [0.29, 0.717) is 17.6 Å². The molecule has 234 valence electrons. The van der Waals surface area contributed by atoms with Crippen LogP contribution < -0.4 is 0 Å². The van der Waals surface area contributed by atoms with Crippen LogP contribution in [0.1, 0.15) is 0 Å². The van der Waals surface area contributed by atoms with Crippen molar-refractivity contribution in [2.45, 2.75) is 0 Å². The van der Waals surface area contributed by atoms with Crippen molar-refractivity contribution in [3.8, 4) is 51.0 Å². The van der Waals surface area contributed by atoms with Crippen LogP contribution in [0.4, 0.5) is 0 Å². The van der Waals surface area contributed by atoms with E-state index in [1.165, 1.54) is 5.56 Å². The Hall–Kier alpha value is -6.85. The molecular weight excluding hydrogens is 613 g/mol. The van der Waals surface area contributed by atoms with Crippen molar-refractivity contribution in [3.63, 3.8) is 0 Å². The summed E-state index contributed by atoms with van der Waals surface area (Å²) in [5.74, 6) is 1.73. The molecule has 0 N–H and O–H groups in total. The van der Waals surface area contributed by atoms with E-state index in [4.69, 9.17) is 19.4 Å². The van der Waals surface area contributed by atoms with Crippen molar-refractivity contribution in [2.24, 2.45) is 0 Å². The molecular formula is C45H28N4O. The topological polar surface area (TPSA) is 56.7 Å². The summed E-state index contributed by atoms with van der Waals surface area (Å²) in [6.07, 6.45) is 0. The lowest BCUT2D eigenvalue weighted by Gasteiger charge is -2.13. The molecule has 3 heterocycles. The molecule has 0 atom stereocenters. The molecule has 0 radical (unpaired) electrons. The normalized spacial score (nSPS) is 11.6. The summed E-state index contributed by atoms with van der Waals surface area (Å²) < 4.78 is 8.48. The second-order valence-electron chi connectivity index (χ2n) is 12.5. The third kappa shape index (κ3) is 4.60. The summed E-state index contributed by atoms with van der Waals surface area (Å²) in [4.78, 5) is 15.5. The fourth-order valence-electron chi connectivity index (χ4n) is 7.13. The molecule has 0 saturated carbocycles. The fraction of sp³-hybridized carbons (Fsp3) is 0. The molecule has 0 aliphatic heterocycles. The van der Waals surface area contributed by atoms with Crippen LogP contribution in [-0.4, -0.2) is 19.5 Å². The minimum Gasteiger partial charge on any atom is -0.456 e. The predicted molar refractivity (Wildman–Crippen MR) is 203 cm³/mol. The number of hydrogen-bond acceptors (Lipinski definition) is 4. The molecule has 50 heavy (non-hydrogen) atoms. The van der Waals surface area contributed by atoms with Gasteiger partial charge in [-0.1, -0.05) is 140 Å². The summed E-state index contributed by atoms with van der Waals surface area (Å²) in [6, 6.07) is 58.7. The molecule has 0 aliphatic rings. The Morgan fingerprint density at radius 2 is 1.00 bits per heavy atom. The molecule has 0 bridgehead atoms. The minimum absolute atomic E-state index is 0.552. The van der Waals surface area contributed by atoms with E-state index in [0.717, 1.165) is 71.6 Å². The molecule has 3 aromatic heterocycles. The Bertz CT molecular complexity index is 2870. The van der Waals surface area contributed by atoms with Gasteiger partial charge in [-0.3, -0.25) is 4.57 Å². The zero-order valence-electron chi connectivity index (χ0n) is 26.9. The van der Waals surface area contributed by atoms with Crippen LogP contribution >= 0.6 is 0 Å². The van der Waals surface area contributed by atoms with E-state index in [-0.39, 0.29) is 0 Å². The standard InChI is InChI=1S/C45H28N4O/c1-3-13-29(14-4-1)31-17-11-18-32(27-31)34-21-12-22-38-35-19-7-9-23-39(35)49(42(34)38)45-47-43(30-15-5-2-6-16-30)46-44(48-45)33-25-26-37-36-20-8-10-24-40(36)50-41(37)28-33/h1-28H. The molecule has 10 rings (SSSR count). The highest BCUT2D eigenvalue weighted by molar-refractivity contribution is 6.13. The number of hydrogen-bond donors (Lipinski definition) is 0. The first-order chi connectivity index (χ1) is 24.8. The van der Waals surface area contributed by atoms with Crippen molar-refractivity contribution >= 4 is 43.7 Å². The highest BCUT2D eigenvalue weighted by Crippen LogP contribution is 2.39. The van der Waals surface area contributed by atoms with Crippen molar-refractivity contribution in [3.05, 3.63) is 170 Å². The largest absolute Gasteiger partial charge is 0.456 e. The van der Waals surface area contributed by atoms with E-state index < -0.39 is 0 Å². The van der Waals surface area contributed by atoms with Gasteiger partial charge >= 0.3 is 0 Å². The third-order valence-electron chi connectivity index (χ3n) is 9.47. The van der Waals surface area contributed by atoms with E-state index >= 15 is 0 Å². The zero-order chi connectivity index (χ0) is 33.0. The zero-order valence-corrected chi connectivity index (χ0v) is 26.9. The minimum atomic E-state index is 0.552. The molecule has 5 heteroatoms. The average molecular weight is 641 g/mol. The second-order valence-corrected chi connectivity index (χ2v) is 12.5.